The average molecular weight is 309 g/mol. The van der Waals surface area contributed by atoms with E-state index in [4.69, 9.17) is 4.98 Å². The van der Waals surface area contributed by atoms with E-state index in [0.29, 0.717) is 12.2 Å². The van der Waals surface area contributed by atoms with Crippen LogP contribution in [0.25, 0.3) is 11.0 Å². The van der Waals surface area contributed by atoms with Crippen LogP contribution in [0, 0.1) is 0 Å². The molecule has 1 fully saturated rings. The van der Waals surface area contributed by atoms with Gasteiger partial charge in [0.2, 0.25) is 0 Å². The van der Waals surface area contributed by atoms with E-state index in [1.165, 1.54) is 0 Å². The van der Waals surface area contributed by atoms with Crippen molar-refractivity contribution in [2.75, 3.05) is 13.1 Å². The number of fused-ring (bicyclic) bond motifs is 1. The number of rotatable bonds is 2. The quantitative estimate of drug-likeness (QED) is 0.790. The maximum atomic E-state index is 12.7. The van der Waals surface area contributed by atoms with Gasteiger partial charge in [-0.3, -0.25) is 4.79 Å². The Morgan fingerprint density at radius 1 is 1.35 bits per heavy atom. The molecule has 1 aliphatic heterocycles. The highest BCUT2D eigenvalue weighted by atomic mass is 16.2. The molecule has 1 aliphatic rings. The van der Waals surface area contributed by atoms with E-state index in [1.807, 2.05) is 36.2 Å². The van der Waals surface area contributed by atoms with Crippen LogP contribution in [0.1, 0.15) is 35.1 Å². The van der Waals surface area contributed by atoms with E-state index in [2.05, 4.69) is 9.97 Å². The van der Waals surface area contributed by atoms with Crippen LogP contribution in [0.4, 0.5) is 0 Å². The number of aryl methyl sites for hydroxylation is 1. The van der Waals surface area contributed by atoms with Gasteiger partial charge in [-0.05, 0) is 25.0 Å². The monoisotopic (exact) mass is 309 g/mol. The molecule has 0 bridgehead atoms. The number of carbonyl (C=O) groups excluding carboxylic acids is 1. The molecule has 2 aromatic heterocycles. The van der Waals surface area contributed by atoms with Gasteiger partial charge in [-0.15, -0.1) is 0 Å². The molecule has 118 valence electrons. The number of H-pyrrole nitrogens is 1. The smallest absolute Gasteiger partial charge is 0.272 e. The standard InChI is InChI=1S/C17H19N5O/c1-21-11-18-9-15(21)17(23)22-8-4-5-12(10-22)16-19-13-6-2-3-7-14(13)20-16/h2-3,6-7,9,11-12H,4-5,8,10H2,1H3,(H,19,20)/t12-/m1/s1. The van der Waals surface area contributed by atoms with E-state index < -0.39 is 0 Å². The fourth-order valence-corrected chi connectivity index (χ4v) is 3.28. The van der Waals surface area contributed by atoms with Crippen LogP contribution in [0.3, 0.4) is 0 Å². The number of para-hydroxylation sites is 2. The molecule has 4 rings (SSSR count). The first kappa shape index (κ1) is 14.0. The van der Waals surface area contributed by atoms with Crippen molar-refractivity contribution in [2.45, 2.75) is 18.8 Å². The van der Waals surface area contributed by atoms with Crippen molar-refractivity contribution in [3.05, 3.63) is 48.3 Å². The van der Waals surface area contributed by atoms with Gasteiger partial charge in [0.25, 0.3) is 5.91 Å². The third-order valence-electron chi connectivity index (χ3n) is 4.54. The largest absolute Gasteiger partial charge is 0.342 e. The number of piperidine rings is 1. The number of carbonyl (C=O) groups is 1. The summed E-state index contributed by atoms with van der Waals surface area (Å²) >= 11 is 0. The molecular weight excluding hydrogens is 290 g/mol. The highest BCUT2D eigenvalue weighted by Gasteiger charge is 2.28. The van der Waals surface area contributed by atoms with Crippen LogP contribution in [-0.2, 0) is 7.05 Å². The van der Waals surface area contributed by atoms with E-state index in [9.17, 15) is 4.79 Å². The first-order chi connectivity index (χ1) is 11.2. The Morgan fingerprint density at radius 3 is 3.00 bits per heavy atom. The van der Waals surface area contributed by atoms with Crippen molar-refractivity contribution in [1.82, 2.24) is 24.4 Å². The summed E-state index contributed by atoms with van der Waals surface area (Å²) in [4.78, 5) is 26.7. The highest BCUT2D eigenvalue weighted by Crippen LogP contribution is 2.27. The number of hydrogen-bond acceptors (Lipinski definition) is 3. The van der Waals surface area contributed by atoms with Gasteiger partial charge < -0.3 is 14.5 Å². The molecule has 0 unspecified atom stereocenters. The molecule has 0 saturated carbocycles. The van der Waals surface area contributed by atoms with Gasteiger partial charge in [0.05, 0.1) is 23.6 Å². The van der Waals surface area contributed by atoms with Gasteiger partial charge in [-0.1, -0.05) is 12.1 Å². The molecule has 0 aliphatic carbocycles. The molecule has 1 saturated heterocycles. The molecular formula is C17H19N5O. The van der Waals surface area contributed by atoms with Crippen molar-refractivity contribution in [1.29, 1.82) is 0 Å². The molecule has 1 aromatic carbocycles. The summed E-state index contributed by atoms with van der Waals surface area (Å²) in [6.07, 6.45) is 5.33. The van der Waals surface area contributed by atoms with Gasteiger partial charge >= 0.3 is 0 Å². The van der Waals surface area contributed by atoms with E-state index in [1.54, 1.807) is 17.1 Å². The third kappa shape index (κ3) is 2.50. The van der Waals surface area contributed by atoms with E-state index in [0.717, 1.165) is 36.2 Å². The van der Waals surface area contributed by atoms with Gasteiger partial charge in [0.1, 0.15) is 11.5 Å². The fourth-order valence-electron chi connectivity index (χ4n) is 3.28. The maximum absolute atomic E-state index is 12.7. The number of hydrogen-bond donors (Lipinski definition) is 1. The number of nitrogens with zero attached hydrogens (tertiary/aromatic N) is 4. The molecule has 3 aromatic rings. The lowest BCUT2D eigenvalue weighted by molar-refractivity contribution is 0.0695. The number of aromatic amines is 1. The maximum Gasteiger partial charge on any atom is 0.272 e. The zero-order chi connectivity index (χ0) is 15.8. The summed E-state index contributed by atoms with van der Waals surface area (Å²) in [5.41, 5.74) is 2.67. The first-order valence-electron chi connectivity index (χ1n) is 7.92. The summed E-state index contributed by atoms with van der Waals surface area (Å²) in [5.74, 6) is 1.29. The molecule has 1 atom stereocenters. The minimum Gasteiger partial charge on any atom is -0.342 e. The molecule has 23 heavy (non-hydrogen) atoms. The van der Waals surface area contributed by atoms with Gasteiger partial charge in [0.15, 0.2) is 0 Å². The second kappa shape index (κ2) is 5.53. The van der Waals surface area contributed by atoms with Gasteiger partial charge in [-0.25, -0.2) is 9.97 Å². The second-order valence-corrected chi connectivity index (χ2v) is 6.12. The summed E-state index contributed by atoms with van der Waals surface area (Å²) in [7, 11) is 1.85. The van der Waals surface area contributed by atoms with E-state index in [-0.39, 0.29) is 11.8 Å². The van der Waals surface area contributed by atoms with Crippen molar-refractivity contribution in [3.63, 3.8) is 0 Å². The lowest BCUT2D eigenvalue weighted by Gasteiger charge is -2.31. The molecule has 1 amide bonds. The molecule has 6 heteroatoms. The predicted octanol–water partition coefficient (Wildman–Crippen LogP) is 2.32. The summed E-state index contributed by atoms with van der Waals surface area (Å²) in [5, 5.41) is 0. The van der Waals surface area contributed by atoms with Gasteiger partial charge in [0, 0.05) is 26.1 Å². The van der Waals surface area contributed by atoms with Crippen molar-refractivity contribution >= 4 is 16.9 Å². The normalized spacial score (nSPS) is 18.5. The number of likely N-dealkylation sites (tertiary alicyclic amines) is 1. The summed E-state index contributed by atoms with van der Waals surface area (Å²) in [6, 6.07) is 8.04. The zero-order valence-corrected chi connectivity index (χ0v) is 13.1. The summed E-state index contributed by atoms with van der Waals surface area (Å²) < 4.78 is 1.77. The molecule has 0 radical (unpaired) electrons. The topological polar surface area (TPSA) is 66.8 Å². The SMILES string of the molecule is Cn1cncc1C(=O)N1CCC[C@@H](c2nc3ccccc3[nH]2)C1. The van der Waals surface area contributed by atoms with E-state index >= 15 is 0 Å². The Labute approximate surface area is 134 Å². The zero-order valence-electron chi connectivity index (χ0n) is 13.1. The van der Waals surface area contributed by atoms with Crippen molar-refractivity contribution < 1.29 is 4.79 Å². The van der Waals surface area contributed by atoms with Gasteiger partial charge in [-0.2, -0.15) is 0 Å². The second-order valence-electron chi connectivity index (χ2n) is 6.12. The number of imidazole rings is 2. The minimum absolute atomic E-state index is 0.0470. The first-order valence-corrected chi connectivity index (χ1v) is 7.92. The van der Waals surface area contributed by atoms with Crippen LogP contribution in [-0.4, -0.2) is 43.4 Å². The lowest BCUT2D eigenvalue weighted by atomic mass is 9.97. The number of benzene rings is 1. The Hall–Kier alpha value is -2.63. The number of amides is 1. The Bertz CT molecular complexity index is 816. The molecule has 3 heterocycles. The Kier molecular flexibility index (Phi) is 3.37. The highest BCUT2D eigenvalue weighted by molar-refractivity contribution is 5.92. The Balaban J connectivity index is 1.57. The van der Waals surface area contributed by atoms with Crippen LogP contribution < -0.4 is 0 Å². The molecule has 6 nitrogen and oxygen atoms in total. The van der Waals surface area contributed by atoms with Crippen molar-refractivity contribution in [2.24, 2.45) is 7.05 Å². The Morgan fingerprint density at radius 2 is 2.22 bits per heavy atom. The summed E-state index contributed by atoms with van der Waals surface area (Å²) in [6.45, 7) is 1.49. The number of aromatic nitrogens is 4. The minimum atomic E-state index is 0.0470. The van der Waals surface area contributed by atoms with Crippen LogP contribution in [0.2, 0.25) is 0 Å². The predicted molar refractivity (Wildman–Crippen MR) is 87.2 cm³/mol. The lowest BCUT2D eigenvalue weighted by Crippen LogP contribution is -2.40. The number of nitrogens with one attached hydrogen (secondary N) is 1. The molecule has 1 N–H and O–H groups in total. The van der Waals surface area contributed by atoms with Crippen LogP contribution in [0.5, 0.6) is 0 Å². The van der Waals surface area contributed by atoms with Crippen LogP contribution >= 0.6 is 0 Å². The third-order valence-corrected chi connectivity index (χ3v) is 4.54. The average Bonchev–Trinajstić information content (AvgIpc) is 3.20. The fraction of sp³-hybridized carbons (Fsp3) is 0.353. The van der Waals surface area contributed by atoms with Crippen LogP contribution in [0.15, 0.2) is 36.8 Å². The molecule has 0 spiro atoms. The van der Waals surface area contributed by atoms with Crippen molar-refractivity contribution in [3.8, 4) is 0 Å².